The summed E-state index contributed by atoms with van der Waals surface area (Å²) in [6, 6.07) is 3.81. The van der Waals surface area contributed by atoms with Crippen LogP contribution in [0.15, 0.2) is 30.9 Å². The van der Waals surface area contributed by atoms with Gasteiger partial charge in [-0.3, -0.25) is 4.90 Å². The molecule has 3 aliphatic rings. The molecule has 4 atom stereocenters. The highest BCUT2D eigenvalue weighted by molar-refractivity contribution is 7.23. The number of nitriles is 1. The zero-order valence-electron chi connectivity index (χ0n) is 26.5. The molecule has 3 fully saturated rings. The van der Waals surface area contributed by atoms with E-state index >= 15 is 17.6 Å². The summed E-state index contributed by atoms with van der Waals surface area (Å²) >= 11 is 0.695. The van der Waals surface area contributed by atoms with Crippen molar-refractivity contribution in [3.8, 4) is 23.2 Å². The Kier molecular flexibility index (Phi) is 8.40. The molecule has 0 aliphatic carbocycles. The lowest BCUT2D eigenvalue weighted by atomic mass is 9.92. The maximum Gasteiger partial charge on any atom is 0.417 e. The molecule has 5 heterocycles. The fourth-order valence-corrected chi connectivity index (χ4v) is 8.91. The Balaban J connectivity index is 1.48. The second kappa shape index (κ2) is 12.3. The average molecular weight is 702 g/mol. The van der Waals surface area contributed by atoms with Crippen molar-refractivity contribution in [3.63, 3.8) is 0 Å². The standard InChI is InChI=1S/C34H33F6N7OS/c1-3-23-24(8-10-43-23)47(4-2)31-19-12-21(34(38,39)40)26(18-6-7-22(36)29-25(18)20(14-41)30(42)49-29)27(37)28(19)44-32(45-31)48-16-33-9-5-11-46(33)15-17(35)13-33/h3,6-7,12,17,23-24,43H,1,4-5,8-11,13,15-16,42H2,2H3/t17-,23-,24-,33+/m1/s1. The summed E-state index contributed by atoms with van der Waals surface area (Å²) in [5.41, 5.74) is 2.07. The van der Waals surface area contributed by atoms with Crippen molar-refractivity contribution in [3.05, 3.63) is 53.6 Å². The molecule has 15 heteroatoms. The third-order valence-electron chi connectivity index (χ3n) is 10.1. The molecule has 2 aromatic heterocycles. The molecule has 0 amide bonds. The van der Waals surface area contributed by atoms with E-state index in [9.17, 15) is 14.0 Å². The molecule has 3 saturated heterocycles. The number of benzene rings is 2. The minimum absolute atomic E-state index is 0.0121. The summed E-state index contributed by atoms with van der Waals surface area (Å²) in [5.74, 6) is -2.11. The second-order valence-corrected chi connectivity index (χ2v) is 13.9. The van der Waals surface area contributed by atoms with Gasteiger partial charge in [0.15, 0.2) is 5.82 Å². The van der Waals surface area contributed by atoms with Gasteiger partial charge in [0.05, 0.1) is 27.4 Å². The van der Waals surface area contributed by atoms with Crippen LogP contribution in [0.5, 0.6) is 6.01 Å². The SMILES string of the molecule is C=C[C@H]1NCC[C@H]1N(CC)c1nc(OC[C@@]23CCCN2C[C@H](F)C3)nc2c(F)c(-c3ccc(F)c4sc(N)c(C#N)c34)c(C(F)(F)F)cc12. The number of nitrogens with one attached hydrogen (secondary N) is 1. The molecule has 7 rings (SSSR count). The molecule has 3 aliphatic heterocycles. The summed E-state index contributed by atoms with van der Waals surface area (Å²) in [6.45, 7) is 7.62. The highest BCUT2D eigenvalue weighted by atomic mass is 32.1. The molecule has 49 heavy (non-hydrogen) atoms. The van der Waals surface area contributed by atoms with Crippen LogP contribution in [0.4, 0.5) is 37.2 Å². The second-order valence-electron chi connectivity index (χ2n) is 12.8. The zero-order chi connectivity index (χ0) is 34.8. The van der Waals surface area contributed by atoms with Crippen LogP contribution in [-0.4, -0.2) is 71.4 Å². The molecule has 4 aromatic rings. The first-order valence-electron chi connectivity index (χ1n) is 16.1. The van der Waals surface area contributed by atoms with E-state index in [0.717, 1.165) is 24.6 Å². The molecule has 0 radical (unpaired) electrons. The highest BCUT2D eigenvalue weighted by Crippen LogP contribution is 2.48. The number of thiophene rings is 1. The molecular weight excluding hydrogens is 668 g/mol. The van der Waals surface area contributed by atoms with Crippen molar-refractivity contribution in [1.29, 1.82) is 5.26 Å². The van der Waals surface area contributed by atoms with E-state index in [1.54, 1.807) is 11.0 Å². The fourth-order valence-electron chi connectivity index (χ4n) is 7.96. The Bertz CT molecular complexity index is 2010. The number of nitrogen functional groups attached to an aromatic ring is 1. The van der Waals surface area contributed by atoms with Gasteiger partial charge in [-0.2, -0.15) is 28.4 Å². The summed E-state index contributed by atoms with van der Waals surface area (Å²) in [7, 11) is 0. The number of nitrogens with two attached hydrogens (primary N) is 1. The fraction of sp³-hybridized carbons (Fsp3) is 0.441. The minimum atomic E-state index is -5.09. The Morgan fingerprint density at radius 3 is 2.82 bits per heavy atom. The molecule has 0 bridgehead atoms. The van der Waals surface area contributed by atoms with E-state index in [1.165, 1.54) is 0 Å². The van der Waals surface area contributed by atoms with Crippen molar-refractivity contribution in [1.82, 2.24) is 20.2 Å². The normalized spacial score (nSPS) is 24.1. The van der Waals surface area contributed by atoms with Crippen molar-refractivity contribution >= 4 is 43.1 Å². The van der Waals surface area contributed by atoms with E-state index in [2.05, 4.69) is 21.9 Å². The minimum Gasteiger partial charge on any atom is -0.461 e. The largest absolute Gasteiger partial charge is 0.461 e. The average Bonchev–Trinajstić information content (AvgIpc) is 3.83. The monoisotopic (exact) mass is 701 g/mol. The molecule has 0 unspecified atom stereocenters. The maximum absolute atomic E-state index is 17.1. The first-order chi connectivity index (χ1) is 23.4. The first kappa shape index (κ1) is 33.4. The topological polar surface area (TPSA) is 103 Å². The highest BCUT2D eigenvalue weighted by Gasteiger charge is 2.49. The number of halogens is 6. The number of hydrogen-bond acceptors (Lipinski definition) is 9. The van der Waals surface area contributed by atoms with Crippen molar-refractivity contribution in [2.75, 3.05) is 43.4 Å². The molecule has 0 spiro atoms. The van der Waals surface area contributed by atoms with Crippen molar-refractivity contribution in [2.24, 2.45) is 0 Å². The van der Waals surface area contributed by atoms with E-state index in [1.807, 2.05) is 17.9 Å². The zero-order valence-corrected chi connectivity index (χ0v) is 27.3. The predicted octanol–water partition coefficient (Wildman–Crippen LogP) is 6.96. The third-order valence-corrected chi connectivity index (χ3v) is 11.2. The number of likely N-dealkylation sites (N-methyl/N-ethyl adjacent to an activating group) is 1. The van der Waals surface area contributed by atoms with Gasteiger partial charge in [0, 0.05) is 41.9 Å². The Labute approximate surface area is 282 Å². The molecule has 8 nitrogen and oxygen atoms in total. The Morgan fingerprint density at radius 1 is 1.31 bits per heavy atom. The van der Waals surface area contributed by atoms with Gasteiger partial charge < -0.3 is 20.7 Å². The predicted molar refractivity (Wildman–Crippen MR) is 176 cm³/mol. The van der Waals surface area contributed by atoms with E-state index in [4.69, 9.17) is 10.5 Å². The summed E-state index contributed by atoms with van der Waals surface area (Å²) in [4.78, 5) is 12.8. The lowest BCUT2D eigenvalue weighted by Crippen LogP contribution is -2.44. The van der Waals surface area contributed by atoms with Gasteiger partial charge in [0.25, 0.3) is 0 Å². The maximum atomic E-state index is 17.1. The van der Waals surface area contributed by atoms with Gasteiger partial charge in [-0.1, -0.05) is 12.1 Å². The number of nitrogens with zero attached hydrogens (tertiary/aromatic N) is 5. The number of fused-ring (bicyclic) bond motifs is 3. The number of alkyl halides is 4. The van der Waals surface area contributed by atoms with Gasteiger partial charge in [0.1, 0.15) is 41.0 Å². The van der Waals surface area contributed by atoms with E-state index in [0.29, 0.717) is 43.8 Å². The van der Waals surface area contributed by atoms with Crippen LogP contribution in [0.1, 0.15) is 43.7 Å². The lowest BCUT2D eigenvalue weighted by Gasteiger charge is -2.33. The van der Waals surface area contributed by atoms with Gasteiger partial charge in [0.2, 0.25) is 0 Å². The van der Waals surface area contributed by atoms with E-state index in [-0.39, 0.29) is 75.1 Å². The summed E-state index contributed by atoms with van der Waals surface area (Å²) in [5, 5.41) is 12.6. The smallest absolute Gasteiger partial charge is 0.417 e. The number of hydrogen-bond donors (Lipinski definition) is 2. The van der Waals surface area contributed by atoms with Crippen LogP contribution in [0, 0.1) is 23.0 Å². The van der Waals surface area contributed by atoms with Crippen LogP contribution in [0.3, 0.4) is 0 Å². The van der Waals surface area contributed by atoms with Crippen LogP contribution in [0.2, 0.25) is 0 Å². The molecule has 258 valence electrons. The number of rotatable bonds is 8. The van der Waals surface area contributed by atoms with E-state index < -0.39 is 46.2 Å². The van der Waals surface area contributed by atoms with Gasteiger partial charge in [-0.15, -0.1) is 17.9 Å². The lowest BCUT2D eigenvalue weighted by molar-refractivity contribution is -0.137. The Morgan fingerprint density at radius 2 is 2.10 bits per heavy atom. The van der Waals surface area contributed by atoms with Crippen LogP contribution >= 0.6 is 11.3 Å². The van der Waals surface area contributed by atoms with Gasteiger partial charge in [-0.05, 0) is 57.0 Å². The van der Waals surface area contributed by atoms with Crippen LogP contribution < -0.4 is 20.7 Å². The van der Waals surface area contributed by atoms with Gasteiger partial charge in [-0.25, -0.2) is 13.2 Å². The quantitative estimate of drug-likeness (QED) is 0.150. The molecule has 0 saturated carbocycles. The third kappa shape index (κ3) is 5.44. The van der Waals surface area contributed by atoms with Crippen molar-refractivity contribution < 1.29 is 31.1 Å². The molecule has 3 N–H and O–H groups in total. The van der Waals surface area contributed by atoms with Crippen LogP contribution in [0.25, 0.3) is 32.1 Å². The summed E-state index contributed by atoms with van der Waals surface area (Å²) in [6.07, 6.45) is -2.01. The van der Waals surface area contributed by atoms with Crippen LogP contribution in [-0.2, 0) is 6.18 Å². The molecular formula is C34H33F6N7OS. The molecule has 2 aromatic carbocycles. The number of ether oxygens (including phenoxy) is 1. The first-order valence-corrected chi connectivity index (χ1v) is 16.9. The number of anilines is 2. The Hall–Kier alpha value is -4.13. The number of aromatic nitrogens is 2. The van der Waals surface area contributed by atoms with Gasteiger partial charge >= 0.3 is 12.2 Å². The van der Waals surface area contributed by atoms with Crippen molar-refractivity contribution in [2.45, 2.75) is 62.6 Å². The summed E-state index contributed by atoms with van der Waals surface area (Å²) < 4.78 is 97.5.